The Kier molecular flexibility index (Phi) is 2.78. The zero-order valence-electron chi connectivity index (χ0n) is 10.2. The normalized spacial score (nSPS) is 10.9. The van der Waals surface area contributed by atoms with E-state index in [2.05, 4.69) is 27.5 Å². The summed E-state index contributed by atoms with van der Waals surface area (Å²) in [4.78, 5) is 4.59. The van der Waals surface area contributed by atoms with Gasteiger partial charge in [0.05, 0.1) is 17.4 Å². The molecule has 0 bridgehead atoms. The summed E-state index contributed by atoms with van der Waals surface area (Å²) in [5, 5.41) is 8.63. The maximum atomic E-state index is 4.59. The molecule has 0 unspecified atom stereocenters. The molecule has 4 nitrogen and oxygen atoms in total. The second-order valence-electron chi connectivity index (χ2n) is 4.13. The molecule has 3 rings (SSSR count). The molecule has 2 heterocycles. The molecule has 0 aliphatic rings. The van der Waals surface area contributed by atoms with Crippen LogP contribution in [0.15, 0.2) is 48.7 Å². The van der Waals surface area contributed by atoms with Crippen molar-refractivity contribution in [1.82, 2.24) is 20.1 Å². The number of benzene rings is 1. The van der Waals surface area contributed by atoms with Gasteiger partial charge in [0.15, 0.2) is 5.82 Å². The average molecular weight is 238 g/mol. The van der Waals surface area contributed by atoms with Gasteiger partial charge in [0, 0.05) is 11.9 Å². The van der Waals surface area contributed by atoms with Gasteiger partial charge in [-0.1, -0.05) is 24.3 Å². The largest absolute Gasteiger partial charge is 0.314 e. The van der Waals surface area contributed by atoms with Crippen LogP contribution in [-0.2, 0) is 6.54 Å². The lowest BCUT2D eigenvalue weighted by molar-refractivity contribution is 0.775. The molecule has 2 aromatic heterocycles. The monoisotopic (exact) mass is 238 g/mol. The van der Waals surface area contributed by atoms with Crippen molar-refractivity contribution in [2.24, 2.45) is 0 Å². The molecule has 90 valence electrons. The van der Waals surface area contributed by atoms with E-state index in [0.29, 0.717) is 0 Å². The van der Waals surface area contributed by atoms with Crippen LogP contribution in [0.2, 0.25) is 0 Å². The van der Waals surface area contributed by atoms with Crippen LogP contribution < -0.4 is 5.32 Å². The van der Waals surface area contributed by atoms with Crippen LogP contribution in [0, 0.1) is 0 Å². The highest BCUT2D eigenvalue weighted by atomic mass is 15.3. The van der Waals surface area contributed by atoms with Crippen molar-refractivity contribution in [2.75, 3.05) is 7.05 Å². The number of rotatable bonds is 3. The first kappa shape index (κ1) is 10.9. The molecule has 0 radical (unpaired) electrons. The first-order valence-electron chi connectivity index (χ1n) is 5.92. The van der Waals surface area contributed by atoms with E-state index in [-0.39, 0.29) is 0 Å². The molecule has 0 saturated carbocycles. The number of nitrogens with one attached hydrogen (secondary N) is 1. The third kappa shape index (κ3) is 1.87. The number of fused-ring (bicyclic) bond motifs is 1. The van der Waals surface area contributed by atoms with Crippen molar-refractivity contribution in [3.8, 4) is 5.82 Å². The molecule has 0 aliphatic carbocycles. The van der Waals surface area contributed by atoms with E-state index in [1.807, 2.05) is 48.3 Å². The predicted molar refractivity (Wildman–Crippen MR) is 71.6 cm³/mol. The van der Waals surface area contributed by atoms with E-state index in [4.69, 9.17) is 0 Å². The Hall–Kier alpha value is -2.20. The standard InChI is InChI=1S/C14H14N4/c1-15-10-12-6-4-8-14(17-12)18-13-7-3-2-5-11(13)9-16-18/h2-9,15H,10H2,1H3. The Morgan fingerprint density at radius 1 is 1.11 bits per heavy atom. The van der Waals surface area contributed by atoms with Gasteiger partial charge in [-0.2, -0.15) is 5.10 Å². The Labute approximate surface area is 105 Å². The lowest BCUT2D eigenvalue weighted by Gasteiger charge is -2.05. The predicted octanol–water partition coefficient (Wildman–Crippen LogP) is 2.14. The average Bonchev–Trinajstić information content (AvgIpc) is 2.83. The van der Waals surface area contributed by atoms with E-state index in [1.54, 1.807) is 0 Å². The van der Waals surface area contributed by atoms with Crippen molar-refractivity contribution in [1.29, 1.82) is 0 Å². The second kappa shape index (κ2) is 4.58. The van der Waals surface area contributed by atoms with E-state index in [9.17, 15) is 0 Å². The van der Waals surface area contributed by atoms with E-state index in [1.165, 1.54) is 0 Å². The Bertz CT molecular complexity index is 672. The van der Waals surface area contributed by atoms with Gasteiger partial charge in [-0.25, -0.2) is 9.67 Å². The lowest BCUT2D eigenvalue weighted by atomic mass is 10.2. The fourth-order valence-corrected chi connectivity index (χ4v) is 2.02. The molecule has 0 saturated heterocycles. The summed E-state index contributed by atoms with van der Waals surface area (Å²) < 4.78 is 1.87. The van der Waals surface area contributed by atoms with E-state index in [0.717, 1.165) is 29.0 Å². The van der Waals surface area contributed by atoms with Crippen LogP contribution >= 0.6 is 0 Å². The van der Waals surface area contributed by atoms with Crippen molar-refractivity contribution in [3.63, 3.8) is 0 Å². The molecule has 0 atom stereocenters. The van der Waals surface area contributed by atoms with Gasteiger partial charge < -0.3 is 5.32 Å². The quantitative estimate of drug-likeness (QED) is 0.760. The summed E-state index contributed by atoms with van der Waals surface area (Å²) in [6.07, 6.45) is 1.86. The van der Waals surface area contributed by atoms with Gasteiger partial charge in [0.2, 0.25) is 0 Å². The Balaban J connectivity index is 2.11. The SMILES string of the molecule is CNCc1cccc(-n2ncc3ccccc32)n1. The molecule has 3 aromatic rings. The van der Waals surface area contributed by atoms with Crippen LogP contribution in [0.25, 0.3) is 16.7 Å². The minimum absolute atomic E-state index is 0.757. The molecule has 4 heteroatoms. The third-order valence-corrected chi connectivity index (χ3v) is 2.84. The van der Waals surface area contributed by atoms with Crippen molar-refractivity contribution >= 4 is 10.9 Å². The third-order valence-electron chi connectivity index (χ3n) is 2.84. The molecule has 0 amide bonds. The summed E-state index contributed by atoms with van der Waals surface area (Å²) in [5.41, 5.74) is 2.08. The van der Waals surface area contributed by atoms with Crippen molar-refractivity contribution in [2.45, 2.75) is 6.54 Å². The molecular weight excluding hydrogens is 224 g/mol. The van der Waals surface area contributed by atoms with Crippen molar-refractivity contribution in [3.05, 3.63) is 54.4 Å². The summed E-state index contributed by atoms with van der Waals surface area (Å²) in [7, 11) is 1.91. The molecule has 1 aromatic carbocycles. The summed E-state index contributed by atoms with van der Waals surface area (Å²) >= 11 is 0. The second-order valence-corrected chi connectivity index (χ2v) is 4.13. The van der Waals surface area contributed by atoms with E-state index >= 15 is 0 Å². The number of aromatic nitrogens is 3. The number of hydrogen-bond donors (Lipinski definition) is 1. The van der Waals surface area contributed by atoms with Gasteiger partial charge in [0.1, 0.15) is 0 Å². The zero-order valence-corrected chi connectivity index (χ0v) is 10.2. The lowest BCUT2D eigenvalue weighted by Crippen LogP contribution is -2.09. The Morgan fingerprint density at radius 2 is 2.00 bits per heavy atom. The fourth-order valence-electron chi connectivity index (χ4n) is 2.02. The maximum Gasteiger partial charge on any atom is 0.154 e. The molecule has 0 spiro atoms. The number of hydrogen-bond acceptors (Lipinski definition) is 3. The molecular formula is C14H14N4. The zero-order chi connectivity index (χ0) is 12.4. The van der Waals surface area contributed by atoms with Gasteiger partial charge in [-0.3, -0.25) is 0 Å². The van der Waals surface area contributed by atoms with Crippen LogP contribution in [0.4, 0.5) is 0 Å². The minimum Gasteiger partial charge on any atom is -0.314 e. The van der Waals surface area contributed by atoms with Crippen LogP contribution in [0.3, 0.4) is 0 Å². The summed E-state index contributed by atoms with van der Waals surface area (Å²) in [6, 6.07) is 14.1. The fraction of sp³-hybridized carbons (Fsp3) is 0.143. The molecule has 0 aliphatic heterocycles. The number of nitrogens with zero attached hydrogens (tertiary/aromatic N) is 3. The van der Waals surface area contributed by atoms with E-state index < -0.39 is 0 Å². The number of pyridine rings is 1. The van der Waals surface area contributed by atoms with Crippen LogP contribution in [0.5, 0.6) is 0 Å². The summed E-state index contributed by atoms with van der Waals surface area (Å²) in [6.45, 7) is 0.757. The van der Waals surface area contributed by atoms with Gasteiger partial charge >= 0.3 is 0 Å². The molecule has 0 fully saturated rings. The molecule has 18 heavy (non-hydrogen) atoms. The number of para-hydroxylation sites is 1. The smallest absolute Gasteiger partial charge is 0.154 e. The Morgan fingerprint density at radius 3 is 2.89 bits per heavy atom. The summed E-state index contributed by atoms with van der Waals surface area (Å²) in [5.74, 6) is 0.851. The first-order chi connectivity index (χ1) is 8.88. The van der Waals surface area contributed by atoms with Gasteiger partial charge in [-0.15, -0.1) is 0 Å². The first-order valence-corrected chi connectivity index (χ1v) is 5.92. The van der Waals surface area contributed by atoms with Crippen molar-refractivity contribution < 1.29 is 0 Å². The van der Waals surface area contributed by atoms with Crippen LogP contribution in [-0.4, -0.2) is 21.8 Å². The highest BCUT2D eigenvalue weighted by Gasteiger charge is 2.05. The van der Waals surface area contributed by atoms with Gasteiger partial charge in [0.25, 0.3) is 0 Å². The highest BCUT2D eigenvalue weighted by Crippen LogP contribution is 2.16. The van der Waals surface area contributed by atoms with Crippen LogP contribution in [0.1, 0.15) is 5.69 Å². The van der Waals surface area contributed by atoms with Gasteiger partial charge in [-0.05, 0) is 25.2 Å². The minimum atomic E-state index is 0.757. The molecule has 1 N–H and O–H groups in total. The maximum absolute atomic E-state index is 4.59. The highest BCUT2D eigenvalue weighted by molar-refractivity contribution is 5.79. The topological polar surface area (TPSA) is 42.7 Å².